The first kappa shape index (κ1) is 20.9. The summed E-state index contributed by atoms with van der Waals surface area (Å²) >= 11 is 0. The monoisotopic (exact) mass is 380 g/mol. The first-order valence-corrected chi connectivity index (χ1v) is 9.04. The van der Waals surface area contributed by atoms with E-state index in [4.69, 9.17) is 4.74 Å². The summed E-state index contributed by atoms with van der Waals surface area (Å²) < 4.78 is 5.07. The van der Waals surface area contributed by atoms with Crippen LogP contribution >= 0.6 is 0 Å². The Morgan fingerprint density at radius 2 is 1.71 bits per heavy atom. The van der Waals surface area contributed by atoms with Crippen LogP contribution in [0.5, 0.6) is 0 Å². The molecule has 6 nitrogen and oxygen atoms in total. The van der Waals surface area contributed by atoms with Gasteiger partial charge in [-0.25, -0.2) is 4.79 Å². The normalized spacial score (nSPS) is 11.6. The van der Waals surface area contributed by atoms with Gasteiger partial charge in [0.1, 0.15) is 6.04 Å². The molecule has 2 amide bonds. The number of hydrogen-bond acceptors (Lipinski definition) is 4. The number of carbonyl (C=O) groups is 3. The number of hydrogen-bond donors (Lipinski definition) is 2. The van der Waals surface area contributed by atoms with Crippen molar-refractivity contribution in [2.75, 3.05) is 11.9 Å². The molecule has 0 saturated heterocycles. The van der Waals surface area contributed by atoms with Crippen molar-refractivity contribution in [1.82, 2.24) is 5.32 Å². The number of carbonyl (C=O) groups excluding carboxylic acids is 3. The summed E-state index contributed by atoms with van der Waals surface area (Å²) in [6, 6.07) is 15.7. The van der Waals surface area contributed by atoms with Gasteiger partial charge in [-0.2, -0.15) is 0 Å². The highest BCUT2D eigenvalue weighted by molar-refractivity contribution is 5.95. The van der Waals surface area contributed by atoms with Gasteiger partial charge in [0.2, 0.25) is 11.8 Å². The van der Waals surface area contributed by atoms with Crippen LogP contribution in [0.15, 0.2) is 60.7 Å². The quantitative estimate of drug-likeness (QED) is 0.545. The average molecular weight is 380 g/mol. The Morgan fingerprint density at radius 1 is 1.04 bits per heavy atom. The van der Waals surface area contributed by atoms with Crippen LogP contribution in [0.2, 0.25) is 0 Å². The van der Waals surface area contributed by atoms with Crippen molar-refractivity contribution in [3.63, 3.8) is 0 Å². The van der Waals surface area contributed by atoms with Crippen LogP contribution < -0.4 is 10.6 Å². The van der Waals surface area contributed by atoms with Gasteiger partial charge in [0, 0.05) is 25.1 Å². The lowest BCUT2D eigenvalue weighted by atomic mass is 10.1. The Bertz CT molecular complexity index is 829. The van der Waals surface area contributed by atoms with E-state index in [-0.39, 0.29) is 18.4 Å². The van der Waals surface area contributed by atoms with E-state index in [9.17, 15) is 14.4 Å². The SMILES string of the molecule is CCOC(=O)C(Cc1ccccc1)NC(=O)/C=C/c1ccc(NC(C)=O)cc1. The molecule has 0 aliphatic carbocycles. The molecule has 28 heavy (non-hydrogen) atoms. The van der Waals surface area contributed by atoms with Crippen LogP contribution in [-0.2, 0) is 25.5 Å². The topological polar surface area (TPSA) is 84.5 Å². The largest absolute Gasteiger partial charge is 0.464 e. The van der Waals surface area contributed by atoms with Crippen molar-refractivity contribution in [3.05, 3.63) is 71.8 Å². The molecular weight excluding hydrogens is 356 g/mol. The summed E-state index contributed by atoms with van der Waals surface area (Å²) in [5.74, 6) is -1.00. The van der Waals surface area contributed by atoms with Gasteiger partial charge in [-0.3, -0.25) is 9.59 Å². The average Bonchev–Trinajstić information content (AvgIpc) is 2.67. The standard InChI is InChI=1S/C22H24N2O4/c1-3-28-22(27)20(15-18-7-5-4-6-8-18)24-21(26)14-11-17-9-12-19(13-10-17)23-16(2)25/h4-14,20H,3,15H2,1-2H3,(H,23,25)(H,24,26)/b14-11+. The zero-order valence-electron chi connectivity index (χ0n) is 16.0. The van der Waals surface area contributed by atoms with E-state index in [0.717, 1.165) is 11.1 Å². The van der Waals surface area contributed by atoms with Crippen molar-refractivity contribution in [2.24, 2.45) is 0 Å². The van der Waals surface area contributed by atoms with Crippen LogP contribution in [0.3, 0.4) is 0 Å². The van der Waals surface area contributed by atoms with E-state index in [1.54, 1.807) is 37.3 Å². The minimum Gasteiger partial charge on any atom is -0.464 e. The number of ether oxygens (including phenoxy) is 1. The van der Waals surface area contributed by atoms with Crippen molar-refractivity contribution in [2.45, 2.75) is 26.3 Å². The first-order valence-electron chi connectivity index (χ1n) is 9.04. The highest BCUT2D eigenvalue weighted by Crippen LogP contribution is 2.11. The Morgan fingerprint density at radius 3 is 2.32 bits per heavy atom. The summed E-state index contributed by atoms with van der Waals surface area (Å²) in [5.41, 5.74) is 2.40. The summed E-state index contributed by atoms with van der Waals surface area (Å²) in [7, 11) is 0. The van der Waals surface area contributed by atoms with Gasteiger partial charge < -0.3 is 15.4 Å². The molecule has 0 fully saturated rings. The van der Waals surface area contributed by atoms with Crippen molar-refractivity contribution >= 4 is 29.5 Å². The number of benzene rings is 2. The van der Waals surface area contributed by atoms with E-state index in [1.165, 1.54) is 13.0 Å². The van der Waals surface area contributed by atoms with Crippen LogP contribution in [0, 0.1) is 0 Å². The fraction of sp³-hybridized carbons (Fsp3) is 0.227. The molecule has 2 aromatic rings. The number of esters is 1. The molecule has 6 heteroatoms. The van der Waals surface area contributed by atoms with E-state index < -0.39 is 12.0 Å². The van der Waals surface area contributed by atoms with Crippen LogP contribution in [0.1, 0.15) is 25.0 Å². The second-order valence-corrected chi connectivity index (χ2v) is 6.14. The van der Waals surface area contributed by atoms with Crippen molar-refractivity contribution in [3.8, 4) is 0 Å². The lowest BCUT2D eigenvalue weighted by Crippen LogP contribution is -2.42. The van der Waals surface area contributed by atoms with Crippen LogP contribution in [0.25, 0.3) is 6.08 Å². The van der Waals surface area contributed by atoms with Gasteiger partial charge in [0.25, 0.3) is 0 Å². The molecular formula is C22H24N2O4. The molecule has 0 aliphatic rings. The van der Waals surface area contributed by atoms with Gasteiger partial charge in [0.15, 0.2) is 0 Å². The van der Waals surface area contributed by atoms with E-state index in [1.807, 2.05) is 30.3 Å². The van der Waals surface area contributed by atoms with Crippen molar-refractivity contribution in [1.29, 1.82) is 0 Å². The Labute approximate surface area is 164 Å². The Hall–Kier alpha value is -3.41. The molecule has 0 aromatic heterocycles. The third-order valence-electron chi connectivity index (χ3n) is 3.83. The molecule has 0 saturated carbocycles. The zero-order valence-corrected chi connectivity index (χ0v) is 16.0. The van der Waals surface area contributed by atoms with E-state index in [0.29, 0.717) is 12.1 Å². The third kappa shape index (κ3) is 7.07. The van der Waals surface area contributed by atoms with Crippen LogP contribution in [0.4, 0.5) is 5.69 Å². The number of anilines is 1. The predicted octanol–water partition coefficient (Wildman–Crippen LogP) is 2.95. The molecule has 0 bridgehead atoms. The highest BCUT2D eigenvalue weighted by Gasteiger charge is 2.21. The Balaban J connectivity index is 2.00. The maximum absolute atomic E-state index is 12.3. The fourth-order valence-electron chi connectivity index (χ4n) is 2.56. The van der Waals surface area contributed by atoms with Gasteiger partial charge in [0.05, 0.1) is 6.61 Å². The van der Waals surface area contributed by atoms with E-state index >= 15 is 0 Å². The summed E-state index contributed by atoms with van der Waals surface area (Å²) in [6.45, 7) is 3.41. The molecule has 146 valence electrons. The maximum atomic E-state index is 12.3. The second-order valence-electron chi connectivity index (χ2n) is 6.14. The van der Waals surface area contributed by atoms with Gasteiger partial charge >= 0.3 is 5.97 Å². The molecule has 1 atom stereocenters. The van der Waals surface area contributed by atoms with Crippen molar-refractivity contribution < 1.29 is 19.1 Å². The smallest absolute Gasteiger partial charge is 0.328 e. The number of amides is 2. The highest BCUT2D eigenvalue weighted by atomic mass is 16.5. The molecule has 2 aromatic carbocycles. The number of nitrogens with one attached hydrogen (secondary N) is 2. The Kier molecular flexibility index (Phi) is 7.96. The lowest BCUT2D eigenvalue weighted by molar-refractivity contribution is -0.147. The summed E-state index contributed by atoms with van der Waals surface area (Å²) in [6.07, 6.45) is 3.35. The first-order chi connectivity index (χ1) is 13.5. The minimum atomic E-state index is -0.762. The molecule has 2 rings (SSSR count). The molecule has 0 heterocycles. The zero-order chi connectivity index (χ0) is 20.4. The van der Waals surface area contributed by atoms with E-state index in [2.05, 4.69) is 10.6 Å². The van der Waals surface area contributed by atoms with Crippen LogP contribution in [-0.4, -0.2) is 30.4 Å². The lowest BCUT2D eigenvalue weighted by Gasteiger charge is -2.16. The number of rotatable bonds is 8. The molecule has 0 aliphatic heterocycles. The second kappa shape index (κ2) is 10.7. The molecule has 0 radical (unpaired) electrons. The summed E-state index contributed by atoms with van der Waals surface area (Å²) in [5, 5.41) is 5.38. The summed E-state index contributed by atoms with van der Waals surface area (Å²) in [4.78, 5) is 35.5. The maximum Gasteiger partial charge on any atom is 0.328 e. The molecule has 0 spiro atoms. The van der Waals surface area contributed by atoms with Gasteiger partial charge in [-0.15, -0.1) is 0 Å². The molecule has 1 unspecified atom stereocenters. The molecule has 2 N–H and O–H groups in total. The minimum absolute atomic E-state index is 0.147. The fourth-order valence-corrected chi connectivity index (χ4v) is 2.56. The third-order valence-corrected chi connectivity index (χ3v) is 3.83. The predicted molar refractivity (Wildman–Crippen MR) is 108 cm³/mol. The van der Waals surface area contributed by atoms with Gasteiger partial charge in [-0.1, -0.05) is 42.5 Å². The van der Waals surface area contributed by atoms with Gasteiger partial charge in [-0.05, 0) is 36.3 Å².